The van der Waals surface area contributed by atoms with Crippen LogP contribution in [-0.4, -0.2) is 68.6 Å². The SMILES string of the molecule is Nc1ccc(-c2cnc(NC(=O)Cc3ccc(Br)cc3)c(CCc3ccccc3)n2)cc1.Nc1ccc(-c2cnc(NC(=O)Cc3ccc(Cl)cc3)c(CCc3ccccc3)n2)cc1.Nc1ccc(-c2cnc(NC(=O)Cc3ccc(F)cc3)c(CCc3ccccc3)n2)cc1.Nc1ccc(-c2cnc(NC(=O)Cc3ccc(O)cc3)c(CCc3ccccc3)n2)cc1. The predicted molar refractivity (Wildman–Crippen MR) is 512 cm³/mol. The van der Waals surface area contributed by atoms with E-state index in [0.29, 0.717) is 88.1 Å². The topological polar surface area (TPSA) is 344 Å². The molecule has 4 amide bonds. The molecule has 0 radical (unpaired) electrons. The maximum absolute atomic E-state index is 13.1. The molecule has 13 N–H and O–H groups in total. The summed E-state index contributed by atoms with van der Waals surface area (Å²) in [6.45, 7) is 0. The van der Waals surface area contributed by atoms with Crippen LogP contribution in [0.2, 0.25) is 5.02 Å². The first kappa shape index (κ1) is 90.3. The number of benzene rings is 12. The van der Waals surface area contributed by atoms with E-state index in [4.69, 9.17) is 54.5 Å². The lowest BCUT2D eigenvalue weighted by molar-refractivity contribution is -0.116. The van der Waals surface area contributed by atoms with Gasteiger partial charge in [0.15, 0.2) is 23.3 Å². The van der Waals surface area contributed by atoms with E-state index in [1.54, 1.807) is 73.3 Å². The summed E-state index contributed by atoms with van der Waals surface area (Å²) in [4.78, 5) is 87.9. The Balaban J connectivity index is 0.000000146. The van der Waals surface area contributed by atoms with E-state index in [-0.39, 0.29) is 60.9 Å². The molecule has 0 aliphatic rings. The highest BCUT2D eigenvalue weighted by atomic mass is 79.9. The number of nitrogen functional groups attached to an aromatic ring is 4. The maximum atomic E-state index is 13.1. The molecule has 21 nitrogen and oxygen atoms in total. The van der Waals surface area contributed by atoms with Crippen molar-refractivity contribution in [3.8, 4) is 50.8 Å². The third-order valence-corrected chi connectivity index (χ3v) is 21.1. The number of halogens is 3. The molecule has 24 heteroatoms. The Kier molecular flexibility index (Phi) is 32.3. The van der Waals surface area contributed by atoms with Gasteiger partial charge in [0.2, 0.25) is 23.6 Å². The molecule has 128 heavy (non-hydrogen) atoms. The average molecular weight is 1780 g/mol. The zero-order chi connectivity index (χ0) is 89.4. The van der Waals surface area contributed by atoms with Crippen molar-refractivity contribution in [3.63, 3.8) is 0 Å². The quantitative estimate of drug-likeness (QED) is 0.0206. The number of nitrogens with zero attached hydrogens (tertiary/aromatic N) is 8. The number of aryl methyl sites for hydroxylation is 8. The maximum Gasteiger partial charge on any atom is 0.229 e. The molecule has 4 aromatic heterocycles. The average Bonchev–Trinajstić information content (AvgIpc) is 0.834. The Morgan fingerprint density at radius 2 is 0.516 bits per heavy atom. The Morgan fingerprint density at radius 1 is 0.289 bits per heavy atom. The van der Waals surface area contributed by atoms with Crippen LogP contribution in [0, 0.1) is 5.82 Å². The molecule has 16 rings (SSSR count). The third-order valence-electron chi connectivity index (χ3n) is 20.3. The van der Waals surface area contributed by atoms with E-state index in [1.807, 2.05) is 206 Å². The molecule has 0 aliphatic heterocycles. The second-order valence-corrected chi connectivity index (χ2v) is 31.4. The number of nitrogens with two attached hydrogens (primary N) is 4. The summed E-state index contributed by atoms with van der Waals surface area (Å²) in [5.41, 5.74) is 43.6. The minimum absolute atomic E-state index is 0.122. The molecule has 0 aliphatic carbocycles. The Morgan fingerprint density at radius 3 is 0.766 bits per heavy atom. The zero-order valence-corrected chi connectivity index (χ0v) is 72.3. The summed E-state index contributed by atoms with van der Waals surface area (Å²) in [5.74, 6) is 1.03. The standard InChI is InChI=1S/C26H23BrN4O.C26H23ClN4O.C26H23FN4O.C26H24N4O2/c3*27-21-11-6-19(7-12-21)16-25(32)31-26-23(15-8-18-4-2-1-3-5-18)30-24(17-29-26)20-9-13-22(28)14-10-20;27-21-11-9-20(10-12-21)24-17-28-26(23(29-24)15-8-18-4-2-1-3-5-18)30-25(32)16-19-6-13-22(31)14-7-19/h3*1-7,9-14,17H,8,15-16,28H2,(H,29,31,32);1-7,9-14,17,31H,8,15-16,27H2,(H,28,30,32). The van der Waals surface area contributed by atoms with Crippen LogP contribution >= 0.6 is 27.5 Å². The van der Waals surface area contributed by atoms with E-state index in [0.717, 1.165) is 109 Å². The Labute approximate surface area is 755 Å². The highest BCUT2D eigenvalue weighted by Crippen LogP contribution is 2.29. The molecule has 0 fully saturated rings. The summed E-state index contributed by atoms with van der Waals surface area (Å²) in [6.07, 6.45) is 13.2. The van der Waals surface area contributed by atoms with Crippen molar-refractivity contribution < 1.29 is 28.7 Å². The fourth-order valence-electron chi connectivity index (χ4n) is 13.5. The third kappa shape index (κ3) is 28.3. The first-order valence-corrected chi connectivity index (χ1v) is 42.7. The minimum atomic E-state index is -0.332. The smallest absolute Gasteiger partial charge is 0.229 e. The van der Waals surface area contributed by atoms with Crippen LogP contribution in [0.3, 0.4) is 0 Å². The molecule has 640 valence electrons. The number of hydrogen-bond donors (Lipinski definition) is 9. The van der Waals surface area contributed by atoms with Gasteiger partial charge in [-0.3, -0.25) is 19.2 Å². The molecule has 16 aromatic rings. The van der Waals surface area contributed by atoms with E-state index < -0.39 is 0 Å². The first-order chi connectivity index (χ1) is 62.3. The lowest BCUT2D eigenvalue weighted by atomic mass is 10.1. The normalized spacial score (nSPS) is 10.6. The number of amides is 4. The largest absolute Gasteiger partial charge is 0.508 e. The van der Waals surface area contributed by atoms with Gasteiger partial charge in [-0.15, -0.1) is 0 Å². The van der Waals surface area contributed by atoms with Gasteiger partial charge in [-0.2, -0.15) is 0 Å². The molecule has 0 spiro atoms. The van der Waals surface area contributed by atoms with Crippen LogP contribution in [0.25, 0.3) is 45.0 Å². The Hall–Kier alpha value is -15.5. The molecule has 0 saturated carbocycles. The highest BCUT2D eigenvalue weighted by molar-refractivity contribution is 9.10. The van der Waals surface area contributed by atoms with E-state index in [2.05, 4.69) is 106 Å². The molecule has 4 heterocycles. The molecule has 0 saturated heterocycles. The van der Waals surface area contributed by atoms with Crippen LogP contribution in [0.4, 0.5) is 50.4 Å². The van der Waals surface area contributed by atoms with Gasteiger partial charge in [-0.25, -0.2) is 44.3 Å². The fraction of sp³-hybridized carbons (Fsp3) is 0.115. The summed E-state index contributed by atoms with van der Waals surface area (Å²) in [7, 11) is 0. The zero-order valence-electron chi connectivity index (χ0n) is 69.9. The summed E-state index contributed by atoms with van der Waals surface area (Å²) < 4.78 is 14.1. The number of aromatic hydroxyl groups is 1. The number of anilines is 8. The number of carbonyl (C=O) groups is 4. The van der Waals surface area contributed by atoms with Crippen molar-refractivity contribution in [1.82, 2.24) is 39.9 Å². The van der Waals surface area contributed by atoms with Gasteiger partial charge in [0, 0.05) is 54.5 Å². The molecule has 0 bridgehead atoms. The number of phenols is 1. The number of aromatic nitrogens is 8. The van der Waals surface area contributed by atoms with Crippen LogP contribution in [-0.2, 0) is 96.2 Å². The van der Waals surface area contributed by atoms with Gasteiger partial charge >= 0.3 is 0 Å². The summed E-state index contributed by atoms with van der Waals surface area (Å²) in [5, 5.41) is 21.7. The molecular formula is C104H93BrClFN16O5. The monoisotopic (exact) mass is 1780 g/mol. The van der Waals surface area contributed by atoms with Crippen LogP contribution < -0.4 is 44.2 Å². The molecule has 0 unspecified atom stereocenters. The molecule has 0 atom stereocenters. The van der Waals surface area contributed by atoms with Gasteiger partial charge in [0.25, 0.3) is 0 Å². The predicted octanol–water partition coefficient (Wildman–Crippen LogP) is 20.0. The van der Waals surface area contributed by atoms with Crippen molar-refractivity contribution in [1.29, 1.82) is 0 Å². The van der Waals surface area contributed by atoms with E-state index in [1.165, 1.54) is 34.4 Å². The lowest BCUT2D eigenvalue weighted by Crippen LogP contribution is -2.18. The second-order valence-electron chi connectivity index (χ2n) is 30.1. The van der Waals surface area contributed by atoms with Crippen LogP contribution in [0.15, 0.2) is 345 Å². The Bertz CT molecular complexity index is 5550. The summed E-state index contributed by atoms with van der Waals surface area (Å²) >= 11 is 9.35. The summed E-state index contributed by atoms with van der Waals surface area (Å²) in [6, 6.07) is 97.9. The van der Waals surface area contributed by atoms with Crippen molar-refractivity contribution in [2.24, 2.45) is 0 Å². The number of hydrogen-bond acceptors (Lipinski definition) is 17. The number of carbonyl (C=O) groups excluding carboxylic acids is 4. The lowest BCUT2D eigenvalue weighted by Gasteiger charge is -2.12. The van der Waals surface area contributed by atoms with E-state index in [9.17, 15) is 28.7 Å². The number of nitrogens with one attached hydrogen (secondary N) is 4. The van der Waals surface area contributed by atoms with Gasteiger partial charge < -0.3 is 49.3 Å². The molecule has 12 aromatic carbocycles. The van der Waals surface area contributed by atoms with Gasteiger partial charge in [0.1, 0.15) is 11.6 Å². The van der Waals surface area contributed by atoms with Crippen molar-refractivity contribution >= 4 is 97.2 Å². The van der Waals surface area contributed by atoms with Crippen molar-refractivity contribution in [2.45, 2.75) is 77.0 Å². The van der Waals surface area contributed by atoms with Crippen LogP contribution in [0.1, 0.15) is 67.3 Å². The van der Waals surface area contributed by atoms with Crippen molar-refractivity contribution in [3.05, 3.63) is 423 Å². The van der Waals surface area contributed by atoms with Crippen molar-refractivity contribution in [2.75, 3.05) is 44.2 Å². The number of rotatable bonds is 28. The minimum Gasteiger partial charge on any atom is -0.508 e. The molecular weight excluding hydrogens is 1690 g/mol. The fourth-order valence-corrected chi connectivity index (χ4v) is 13.9. The highest BCUT2D eigenvalue weighted by Gasteiger charge is 2.20. The first-order valence-electron chi connectivity index (χ1n) is 41.5. The van der Waals surface area contributed by atoms with Gasteiger partial charge in [0.05, 0.1) is 96.0 Å². The van der Waals surface area contributed by atoms with E-state index >= 15 is 0 Å². The second kappa shape index (κ2) is 45.8. The van der Waals surface area contributed by atoms with Crippen LogP contribution in [0.5, 0.6) is 5.75 Å². The van der Waals surface area contributed by atoms with Gasteiger partial charge in [-0.05, 0) is 193 Å². The van der Waals surface area contributed by atoms with Gasteiger partial charge in [-0.1, -0.05) is 246 Å². The number of phenolic OH excluding ortho intramolecular Hbond substituents is 1.